The molecule has 44 heavy (non-hydrogen) atoms. The summed E-state index contributed by atoms with van der Waals surface area (Å²) in [6, 6.07) is 37.6. The van der Waals surface area contributed by atoms with E-state index >= 15 is 9.59 Å². The summed E-state index contributed by atoms with van der Waals surface area (Å²) in [5.74, 6) is 0.0639. The zero-order valence-corrected chi connectivity index (χ0v) is 24.8. The number of carbonyl (C=O) groups excluding carboxylic acids is 2. The van der Waals surface area contributed by atoms with Crippen molar-refractivity contribution in [1.82, 2.24) is 9.80 Å². The number of hydrogen-bond acceptors (Lipinski definition) is 4. The Hall–Kier alpha value is -4.26. The minimum Gasteiger partial charge on any atom is -0.306 e. The number of benzene rings is 4. The van der Waals surface area contributed by atoms with E-state index in [4.69, 9.17) is 0 Å². The van der Waals surface area contributed by atoms with E-state index in [0.717, 1.165) is 72.4 Å². The highest BCUT2D eigenvalue weighted by Gasteiger charge is 2.79. The first kappa shape index (κ1) is 26.2. The normalized spacial score (nSPS) is 29.0. The van der Waals surface area contributed by atoms with E-state index in [9.17, 15) is 0 Å². The largest absolute Gasteiger partial charge is 0.306 e. The zero-order valence-electron chi connectivity index (χ0n) is 24.8. The molecule has 4 aromatic rings. The summed E-state index contributed by atoms with van der Waals surface area (Å²) in [5.41, 5.74) is 3.63. The maximum Gasteiger partial charge on any atom is 0.255 e. The molecule has 5 aliphatic rings. The summed E-state index contributed by atoms with van der Waals surface area (Å²) in [4.78, 5) is 40.5. The number of rotatable bonds is 4. The van der Waals surface area contributed by atoms with Crippen LogP contribution >= 0.6 is 0 Å². The van der Waals surface area contributed by atoms with Crippen LogP contribution in [-0.2, 0) is 33.8 Å². The molecule has 4 aromatic carbocycles. The number of fused-ring (bicyclic) bond motifs is 10. The Labute approximate surface area is 258 Å². The van der Waals surface area contributed by atoms with Crippen LogP contribution in [0.4, 0.5) is 11.4 Å². The fourth-order valence-corrected chi connectivity index (χ4v) is 9.60. The first-order valence-electron chi connectivity index (χ1n) is 16.1. The summed E-state index contributed by atoms with van der Waals surface area (Å²) in [6.45, 7) is 2.56. The van der Waals surface area contributed by atoms with Crippen molar-refractivity contribution in [2.45, 2.75) is 61.9 Å². The molecule has 0 bridgehead atoms. The van der Waals surface area contributed by atoms with Crippen molar-refractivity contribution < 1.29 is 9.59 Å². The molecule has 0 saturated carbocycles. The van der Waals surface area contributed by atoms with Gasteiger partial charge in [0.25, 0.3) is 11.8 Å². The van der Waals surface area contributed by atoms with Crippen LogP contribution in [-0.4, -0.2) is 46.8 Å². The molecule has 3 fully saturated rings. The molecular formula is C38H36N4O2. The van der Waals surface area contributed by atoms with Gasteiger partial charge in [-0.3, -0.25) is 19.4 Å². The highest BCUT2D eigenvalue weighted by Crippen LogP contribution is 2.66. The van der Waals surface area contributed by atoms with E-state index in [1.165, 1.54) is 0 Å². The van der Waals surface area contributed by atoms with Gasteiger partial charge in [0.1, 0.15) is 0 Å². The predicted octanol–water partition coefficient (Wildman–Crippen LogP) is 5.81. The van der Waals surface area contributed by atoms with E-state index in [1.807, 2.05) is 58.3 Å². The van der Waals surface area contributed by atoms with Gasteiger partial charge in [0.05, 0.1) is 13.1 Å². The number of para-hydroxylation sites is 2. The van der Waals surface area contributed by atoms with Gasteiger partial charge < -0.3 is 9.80 Å². The van der Waals surface area contributed by atoms with Gasteiger partial charge in [-0.05, 0) is 48.9 Å². The molecule has 2 unspecified atom stereocenters. The van der Waals surface area contributed by atoms with Gasteiger partial charge >= 0.3 is 0 Å². The third-order valence-electron chi connectivity index (χ3n) is 11.1. The Morgan fingerprint density at radius 2 is 0.909 bits per heavy atom. The minimum atomic E-state index is -1.17. The van der Waals surface area contributed by atoms with Crippen molar-refractivity contribution in [3.63, 3.8) is 0 Å². The number of nitrogens with zero attached hydrogens (tertiary/aromatic N) is 4. The number of hydrogen-bond donors (Lipinski definition) is 0. The van der Waals surface area contributed by atoms with Gasteiger partial charge in [-0.25, -0.2) is 0 Å². The molecule has 2 amide bonds. The molecule has 6 nitrogen and oxygen atoms in total. The SMILES string of the molecule is O=C1N(Cc2ccccc2)c2ccccc2[C@@]12N1CCCC1C1CCCN1[C@]21C(=O)N(Cc2ccccc2)c2ccccc21. The fraction of sp³-hybridized carbons (Fsp3) is 0.316. The maximum atomic E-state index is 15.7. The maximum absolute atomic E-state index is 15.7. The third-order valence-corrected chi connectivity index (χ3v) is 11.1. The standard InChI is InChI=1S/C38H36N4O2/c43-35-37(29-17-7-9-19-31(29)39(35)25-27-13-3-1-4-14-27)38(42-24-12-22-34(42)33-21-11-23-41(33)37)30-18-8-10-20-32(30)40(36(38)44)26-28-15-5-2-6-16-28/h1-10,13-20,33-34H,11-12,21-26H2/t33?,34?,37-,38-/m1/s1. The van der Waals surface area contributed by atoms with Gasteiger partial charge in [-0.15, -0.1) is 0 Å². The predicted molar refractivity (Wildman–Crippen MR) is 171 cm³/mol. The fourth-order valence-electron chi connectivity index (χ4n) is 9.60. The summed E-state index contributed by atoms with van der Waals surface area (Å²) in [6.07, 6.45) is 4.17. The number of piperazine rings is 1. The van der Waals surface area contributed by atoms with Crippen LogP contribution in [0.1, 0.15) is 47.9 Å². The minimum absolute atomic E-state index is 0.0320. The molecule has 4 atom stereocenters. The Bertz CT molecular complexity index is 1650. The molecule has 5 aliphatic heterocycles. The van der Waals surface area contributed by atoms with Crippen LogP contribution in [0.15, 0.2) is 109 Å². The Kier molecular flexibility index (Phi) is 5.72. The van der Waals surface area contributed by atoms with E-state index in [0.29, 0.717) is 13.1 Å². The summed E-state index contributed by atoms with van der Waals surface area (Å²) >= 11 is 0. The highest BCUT2D eigenvalue weighted by molar-refractivity contribution is 6.18. The topological polar surface area (TPSA) is 47.1 Å². The lowest BCUT2D eigenvalue weighted by molar-refractivity contribution is -0.180. The third kappa shape index (κ3) is 3.17. The van der Waals surface area contributed by atoms with Gasteiger partial charge in [-0.2, -0.15) is 0 Å². The van der Waals surface area contributed by atoms with Gasteiger partial charge in [0, 0.05) is 47.7 Å². The lowest BCUT2D eigenvalue weighted by atomic mass is 9.64. The van der Waals surface area contributed by atoms with Crippen molar-refractivity contribution >= 4 is 23.2 Å². The van der Waals surface area contributed by atoms with Crippen molar-refractivity contribution in [1.29, 1.82) is 0 Å². The lowest BCUT2D eigenvalue weighted by Crippen LogP contribution is -2.80. The molecule has 0 N–H and O–H groups in total. The van der Waals surface area contributed by atoms with Crippen LogP contribution in [0.25, 0.3) is 0 Å². The van der Waals surface area contributed by atoms with Crippen LogP contribution in [0, 0.1) is 0 Å². The van der Waals surface area contributed by atoms with Crippen molar-refractivity contribution in [3.05, 3.63) is 131 Å². The smallest absolute Gasteiger partial charge is 0.255 e. The van der Waals surface area contributed by atoms with Crippen molar-refractivity contribution in [2.24, 2.45) is 0 Å². The van der Waals surface area contributed by atoms with Gasteiger partial charge in [0.15, 0.2) is 11.1 Å². The second kappa shape index (κ2) is 9.62. The van der Waals surface area contributed by atoms with Crippen LogP contribution in [0.5, 0.6) is 0 Å². The first-order chi connectivity index (χ1) is 21.7. The molecule has 9 rings (SSSR count). The van der Waals surface area contributed by atoms with Gasteiger partial charge in [-0.1, -0.05) is 97.1 Å². The molecule has 2 spiro atoms. The molecule has 6 heteroatoms. The van der Waals surface area contributed by atoms with E-state index in [-0.39, 0.29) is 23.9 Å². The van der Waals surface area contributed by atoms with Crippen molar-refractivity contribution in [2.75, 3.05) is 22.9 Å². The number of amides is 2. The van der Waals surface area contributed by atoms with Crippen LogP contribution < -0.4 is 9.80 Å². The second-order valence-corrected chi connectivity index (χ2v) is 13.0. The average molecular weight is 581 g/mol. The monoisotopic (exact) mass is 580 g/mol. The second-order valence-electron chi connectivity index (χ2n) is 13.0. The van der Waals surface area contributed by atoms with Crippen molar-refractivity contribution in [3.8, 4) is 0 Å². The van der Waals surface area contributed by atoms with E-state index < -0.39 is 11.1 Å². The molecule has 5 heterocycles. The summed E-state index contributed by atoms with van der Waals surface area (Å²) < 4.78 is 0. The molecular weight excluding hydrogens is 544 g/mol. The lowest BCUT2D eigenvalue weighted by Gasteiger charge is -2.61. The molecule has 3 saturated heterocycles. The summed E-state index contributed by atoms with van der Waals surface area (Å²) in [5, 5.41) is 0. The van der Waals surface area contributed by atoms with E-state index in [1.54, 1.807) is 0 Å². The Morgan fingerprint density at radius 3 is 1.34 bits per heavy atom. The molecule has 0 radical (unpaired) electrons. The first-order valence-corrected chi connectivity index (χ1v) is 16.1. The Morgan fingerprint density at radius 1 is 0.523 bits per heavy atom. The summed E-state index contributed by atoms with van der Waals surface area (Å²) in [7, 11) is 0. The van der Waals surface area contributed by atoms with Gasteiger partial charge in [0.2, 0.25) is 0 Å². The molecule has 0 aromatic heterocycles. The molecule has 0 aliphatic carbocycles. The molecule has 220 valence electrons. The zero-order chi connectivity index (χ0) is 29.5. The van der Waals surface area contributed by atoms with Crippen LogP contribution in [0.2, 0.25) is 0 Å². The highest BCUT2D eigenvalue weighted by atomic mass is 16.2. The Balaban J connectivity index is 1.33. The quantitative estimate of drug-likeness (QED) is 0.306. The number of anilines is 2. The average Bonchev–Trinajstić information content (AvgIpc) is 3.84. The van der Waals surface area contributed by atoms with Crippen LogP contribution in [0.3, 0.4) is 0 Å². The number of carbonyl (C=O) groups is 2. The van der Waals surface area contributed by atoms with E-state index in [2.05, 4.69) is 70.5 Å².